The molecule has 1 saturated heterocycles. The summed E-state index contributed by atoms with van der Waals surface area (Å²) in [6.45, 7) is 5.85. The SMILES string of the molecule is C=C1CC(C(CCCC)Oc2ccc(C(=O)Oc3ccc(-c4ccc(/C=C/C(=O)OC)cc4)cc3)cc2)OC1=O. The molecular formula is C33H32O7. The van der Waals surface area contributed by atoms with E-state index in [1.165, 1.54) is 13.2 Å². The second kappa shape index (κ2) is 13.4. The van der Waals surface area contributed by atoms with Crippen LogP contribution in [-0.4, -0.2) is 37.2 Å². The molecule has 4 rings (SSSR count). The van der Waals surface area contributed by atoms with Crippen molar-refractivity contribution >= 4 is 24.0 Å². The molecule has 0 aliphatic carbocycles. The van der Waals surface area contributed by atoms with Crippen LogP contribution in [0.4, 0.5) is 0 Å². The number of carbonyl (C=O) groups is 3. The molecule has 1 aliphatic rings. The maximum absolute atomic E-state index is 12.7. The molecule has 0 spiro atoms. The Labute approximate surface area is 234 Å². The van der Waals surface area contributed by atoms with Gasteiger partial charge in [-0.25, -0.2) is 14.4 Å². The highest BCUT2D eigenvalue weighted by atomic mass is 16.6. The Kier molecular flexibility index (Phi) is 9.52. The zero-order valence-corrected chi connectivity index (χ0v) is 22.6. The summed E-state index contributed by atoms with van der Waals surface area (Å²) in [5, 5.41) is 0. The Bertz CT molecular complexity index is 1350. The molecule has 3 aromatic rings. The van der Waals surface area contributed by atoms with Crippen molar-refractivity contribution in [3.05, 3.63) is 102 Å². The van der Waals surface area contributed by atoms with Crippen molar-refractivity contribution in [2.45, 2.75) is 44.8 Å². The molecule has 0 radical (unpaired) electrons. The van der Waals surface area contributed by atoms with Crippen molar-refractivity contribution < 1.29 is 33.3 Å². The summed E-state index contributed by atoms with van der Waals surface area (Å²) in [4.78, 5) is 35.8. The van der Waals surface area contributed by atoms with Gasteiger partial charge < -0.3 is 18.9 Å². The minimum atomic E-state index is -0.482. The number of unbranched alkanes of at least 4 members (excludes halogenated alkanes) is 1. The summed E-state index contributed by atoms with van der Waals surface area (Å²) in [5.41, 5.74) is 3.67. The molecule has 0 N–H and O–H groups in total. The number of esters is 3. The summed E-state index contributed by atoms with van der Waals surface area (Å²) in [6.07, 6.45) is 5.55. The first kappa shape index (κ1) is 28.4. The summed E-state index contributed by atoms with van der Waals surface area (Å²) >= 11 is 0. The number of benzene rings is 3. The lowest BCUT2D eigenvalue weighted by Crippen LogP contribution is -2.31. The molecule has 7 nitrogen and oxygen atoms in total. The van der Waals surface area contributed by atoms with E-state index in [0.29, 0.717) is 29.1 Å². The predicted octanol–water partition coefficient (Wildman–Crippen LogP) is 6.57. The van der Waals surface area contributed by atoms with Crippen molar-refractivity contribution in [3.8, 4) is 22.6 Å². The van der Waals surface area contributed by atoms with Gasteiger partial charge in [-0.15, -0.1) is 0 Å². The average Bonchev–Trinajstić information content (AvgIpc) is 3.32. The van der Waals surface area contributed by atoms with E-state index in [1.54, 1.807) is 42.5 Å². The largest absolute Gasteiger partial charge is 0.487 e. The van der Waals surface area contributed by atoms with E-state index in [1.807, 2.05) is 36.4 Å². The molecule has 2 unspecified atom stereocenters. The Balaban J connectivity index is 1.34. The second-order valence-corrected chi connectivity index (χ2v) is 9.47. The summed E-state index contributed by atoms with van der Waals surface area (Å²) < 4.78 is 21.7. The molecule has 206 valence electrons. The highest BCUT2D eigenvalue weighted by molar-refractivity contribution is 5.91. The molecule has 0 saturated carbocycles. The van der Waals surface area contributed by atoms with Crippen LogP contribution in [0.25, 0.3) is 17.2 Å². The molecule has 1 aliphatic heterocycles. The lowest BCUT2D eigenvalue weighted by atomic mass is 10.0. The van der Waals surface area contributed by atoms with Gasteiger partial charge in [0.15, 0.2) is 0 Å². The van der Waals surface area contributed by atoms with Gasteiger partial charge in [0.2, 0.25) is 0 Å². The highest BCUT2D eigenvalue weighted by Crippen LogP contribution is 2.28. The third-order valence-electron chi connectivity index (χ3n) is 6.55. The van der Waals surface area contributed by atoms with Crippen molar-refractivity contribution in [1.82, 2.24) is 0 Å². The maximum Gasteiger partial charge on any atom is 0.343 e. The van der Waals surface area contributed by atoms with E-state index in [0.717, 1.165) is 36.0 Å². The van der Waals surface area contributed by atoms with Gasteiger partial charge >= 0.3 is 17.9 Å². The van der Waals surface area contributed by atoms with E-state index in [-0.39, 0.29) is 18.2 Å². The van der Waals surface area contributed by atoms with E-state index in [4.69, 9.17) is 14.2 Å². The predicted molar refractivity (Wildman–Crippen MR) is 152 cm³/mol. The van der Waals surface area contributed by atoms with Crippen LogP contribution in [0.3, 0.4) is 0 Å². The van der Waals surface area contributed by atoms with Crippen molar-refractivity contribution in [3.63, 3.8) is 0 Å². The van der Waals surface area contributed by atoms with Gasteiger partial charge in [0.05, 0.1) is 12.7 Å². The van der Waals surface area contributed by atoms with Crippen LogP contribution in [-0.2, 0) is 19.1 Å². The summed E-state index contributed by atoms with van der Waals surface area (Å²) in [6, 6.07) is 21.7. The number of hydrogen-bond donors (Lipinski definition) is 0. The van der Waals surface area contributed by atoms with Gasteiger partial charge in [-0.2, -0.15) is 0 Å². The Morgan fingerprint density at radius 2 is 1.60 bits per heavy atom. The third kappa shape index (κ3) is 7.47. The standard InChI is InChI=1S/C33H32O7/c1-4-5-6-29(30-21-22(2)32(35)40-30)38-27-18-14-26(15-19-27)33(36)39-28-16-12-25(13-17-28)24-10-7-23(8-11-24)9-20-31(34)37-3/h7-20,29-30H,2,4-6,21H2,1,3H3/b20-9+. The van der Waals surface area contributed by atoms with E-state index in [9.17, 15) is 14.4 Å². The second-order valence-electron chi connectivity index (χ2n) is 9.47. The molecule has 0 amide bonds. The number of cyclic esters (lactones) is 1. The molecule has 0 bridgehead atoms. The number of hydrogen-bond acceptors (Lipinski definition) is 7. The molecule has 3 aromatic carbocycles. The van der Waals surface area contributed by atoms with Crippen LogP contribution in [0.1, 0.15) is 48.5 Å². The van der Waals surface area contributed by atoms with Gasteiger partial charge in [-0.3, -0.25) is 0 Å². The minimum absolute atomic E-state index is 0.285. The van der Waals surface area contributed by atoms with E-state index in [2.05, 4.69) is 18.2 Å². The molecule has 1 fully saturated rings. The van der Waals surface area contributed by atoms with Crippen LogP contribution in [0.2, 0.25) is 0 Å². The van der Waals surface area contributed by atoms with Crippen LogP contribution >= 0.6 is 0 Å². The van der Waals surface area contributed by atoms with Gasteiger partial charge in [0, 0.05) is 18.1 Å². The molecule has 40 heavy (non-hydrogen) atoms. The monoisotopic (exact) mass is 540 g/mol. The Morgan fingerprint density at radius 1 is 0.975 bits per heavy atom. The minimum Gasteiger partial charge on any atom is -0.487 e. The fourth-order valence-corrected chi connectivity index (χ4v) is 4.27. The topological polar surface area (TPSA) is 88.1 Å². The zero-order valence-electron chi connectivity index (χ0n) is 22.6. The highest BCUT2D eigenvalue weighted by Gasteiger charge is 2.35. The summed E-state index contributed by atoms with van der Waals surface area (Å²) in [7, 11) is 1.34. The number of ether oxygens (including phenoxy) is 4. The first-order valence-corrected chi connectivity index (χ1v) is 13.2. The number of carbonyl (C=O) groups excluding carboxylic acids is 3. The smallest absolute Gasteiger partial charge is 0.343 e. The first-order chi connectivity index (χ1) is 19.4. The van der Waals surface area contributed by atoms with E-state index >= 15 is 0 Å². The van der Waals surface area contributed by atoms with Crippen LogP contribution < -0.4 is 9.47 Å². The molecule has 0 aromatic heterocycles. The van der Waals surface area contributed by atoms with Crippen LogP contribution in [0, 0.1) is 0 Å². The quantitative estimate of drug-likeness (QED) is 0.154. The lowest BCUT2D eigenvalue weighted by molar-refractivity contribution is -0.142. The zero-order chi connectivity index (χ0) is 28.5. The molecular weight excluding hydrogens is 508 g/mol. The Morgan fingerprint density at radius 3 is 2.17 bits per heavy atom. The summed E-state index contributed by atoms with van der Waals surface area (Å²) in [5.74, 6) is -0.250. The van der Waals surface area contributed by atoms with Crippen molar-refractivity contribution in [1.29, 1.82) is 0 Å². The normalized spacial score (nSPS) is 15.5. The average molecular weight is 541 g/mol. The number of rotatable bonds is 11. The third-order valence-corrected chi connectivity index (χ3v) is 6.55. The van der Waals surface area contributed by atoms with Gasteiger partial charge in [0.25, 0.3) is 0 Å². The number of methoxy groups -OCH3 is 1. The molecule has 1 heterocycles. The van der Waals surface area contributed by atoms with Gasteiger partial charge in [-0.05, 0) is 72.0 Å². The van der Waals surface area contributed by atoms with Crippen LogP contribution in [0.15, 0.2) is 91.0 Å². The Hall–Kier alpha value is -4.65. The van der Waals surface area contributed by atoms with Crippen molar-refractivity contribution in [2.75, 3.05) is 7.11 Å². The van der Waals surface area contributed by atoms with Crippen LogP contribution in [0.5, 0.6) is 11.5 Å². The van der Waals surface area contributed by atoms with Gasteiger partial charge in [0.1, 0.15) is 23.7 Å². The molecule has 7 heteroatoms. The molecule has 2 atom stereocenters. The fourth-order valence-electron chi connectivity index (χ4n) is 4.27. The van der Waals surface area contributed by atoms with E-state index < -0.39 is 11.9 Å². The first-order valence-electron chi connectivity index (χ1n) is 13.2. The van der Waals surface area contributed by atoms with Gasteiger partial charge in [-0.1, -0.05) is 56.3 Å². The fraction of sp³-hybridized carbons (Fsp3) is 0.242. The van der Waals surface area contributed by atoms with Crippen molar-refractivity contribution in [2.24, 2.45) is 0 Å². The maximum atomic E-state index is 12.7. The lowest BCUT2D eigenvalue weighted by Gasteiger charge is -2.23.